The fraction of sp³-hybridized carbons (Fsp3) is 0.214. The normalized spacial score (nSPS) is 11.8. The first-order chi connectivity index (χ1) is 9.65. The SMILES string of the molecule is NC(=O)C(CNc1cnccn1)Cc1ccc(F)cc1. The highest BCUT2D eigenvalue weighted by atomic mass is 19.1. The van der Waals surface area contributed by atoms with Crippen molar-refractivity contribution >= 4 is 11.7 Å². The number of nitrogens with one attached hydrogen (secondary N) is 1. The minimum absolute atomic E-state index is 0.304. The van der Waals surface area contributed by atoms with Crippen molar-refractivity contribution in [3.05, 3.63) is 54.2 Å². The summed E-state index contributed by atoms with van der Waals surface area (Å²) in [5.41, 5.74) is 6.25. The van der Waals surface area contributed by atoms with Crippen LogP contribution in [0.1, 0.15) is 5.56 Å². The lowest BCUT2D eigenvalue weighted by Crippen LogP contribution is -2.31. The van der Waals surface area contributed by atoms with E-state index in [2.05, 4.69) is 15.3 Å². The minimum atomic E-state index is -0.411. The molecule has 1 atom stereocenters. The van der Waals surface area contributed by atoms with Crippen LogP contribution in [0, 0.1) is 11.7 Å². The van der Waals surface area contributed by atoms with E-state index in [1.807, 2.05) is 0 Å². The Hall–Kier alpha value is -2.50. The lowest BCUT2D eigenvalue weighted by Gasteiger charge is -2.14. The van der Waals surface area contributed by atoms with Crippen molar-refractivity contribution in [1.82, 2.24) is 9.97 Å². The molecule has 0 fully saturated rings. The molecule has 1 heterocycles. The van der Waals surface area contributed by atoms with Gasteiger partial charge in [0.25, 0.3) is 0 Å². The Kier molecular flexibility index (Phi) is 4.60. The molecule has 6 heteroatoms. The van der Waals surface area contributed by atoms with Crippen LogP contribution in [-0.4, -0.2) is 22.4 Å². The number of aromatic nitrogens is 2. The molecule has 2 aromatic rings. The van der Waals surface area contributed by atoms with Crippen molar-refractivity contribution in [3.8, 4) is 0 Å². The van der Waals surface area contributed by atoms with Gasteiger partial charge in [0.15, 0.2) is 0 Å². The summed E-state index contributed by atoms with van der Waals surface area (Å²) in [7, 11) is 0. The summed E-state index contributed by atoms with van der Waals surface area (Å²) in [4.78, 5) is 19.4. The van der Waals surface area contributed by atoms with Gasteiger partial charge in [-0.05, 0) is 24.1 Å². The second kappa shape index (κ2) is 6.60. The van der Waals surface area contributed by atoms with Gasteiger partial charge in [-0.2, -0.15) is 0 Å². The first kappa shape index (κ1) is 13.9. The Morgan fingerprint density at radius 2 is 2.05 bits per heavy atom. The van der Waals surface area contributed by atoms with Gasteiger partial charge in [0.1, 0.15) is 11.6 Å². The van der Waals surface area contributed by atoms with Crippen molar-refractivity contribution in [3.63, 3.8) is 0 Å². The second-order valence-electron chi connectivity index (χ2n) is 4.40. The zero-order chi connectivity index (χ0) is 14.4. The third kappa shape index (κ3) is 4.01. The first-order valence-electron chi connectivity index (χ1n) is 6.19. The van der Waals surface area contributed by atoms with Gasteiger partial charge >= 0.3 is 0 Å². The highest BCUT2D eigenvalue weighted by Gasteiger charge is 2.16. The molecule has 0 saturated carbocycles. The number of benzene rings is 1. The number of rotatable bonds is 6. The number of nitrogens with two attached hydrogens (primary N) is 1. The molecule has 3 N–H and O–H groups in total. The quantitative estimate of drug-likeness (QED) is 0.833. The molecule has 20 heavy (non-hydrogen) atoms. The number of amides is 1. The minimum Gasteiger partial charge on any atom is -0.369 e. The highest BCUT2D eigenvalue weighted by molar-refractivity contribution is 5.77. The third-order valence-electron chi connectivity index (χ3n) is 2.89. The van der Waals surface area contributed by atoms with Crippen LogP contribution >= 0.6 is 0 Å². The fourth-order valence-corrected chi connectivity index (χ4v) is 1.80. The van der Waals surface area contributed by atoms with Gasteiger partial charge in [-0.3, -0.25) is 9.78 Å². The number of hydrogen-bond donors (Lipinski definition) is 2. The summed E-state index contributed by atoms with van der Waals surface area (Å²) in [5.74, 6) is -0.534. The third-order valence-corrected chi connectivity index (χ3v) is 2.89. The van der Waals surface area contributed by atoms with Gasteiger partial charge in [0.05, 0.1) is 12.1 Å². The predicted octanol–water partition coefficient (Wildman–Crippen LogP) is 1.37. The topological polar surface area (TPSA) is 80.9 Å². The largest absolute Gasteiger partial charge is 0.369 e. The number of nitrogens with zero attached hydrogens (tertiary/aromatic N) is 2. The molecule has 1 unspecified atom stereocenters. The molecule has 2 rings (SSSR count). The highest BCUT2D eigenvalue weighted by Crippen LogP contribution is 2.11. The van der Waals surface area contributed by atoms with Crippen molar-refractivity contribution in [1.29, 1.82) is 0 Å². The van der Waals surface area contributed by atoms with Gasteiger partial charge < -0.3 is 11.1 Å². The van der Waals surface area contributed by atoms with Crippen LogP contribution in [0.25, 0.3) is 0 Å². The molecule has 0 aliphatic heterocycles. The summed E-state index contributed by atoms with van der Waals surface area (Å²) < 4.78 is 12.8. The van der Waals surface area contributed by atoms with Crippen molar-refractivity contribution < 1.29 is 9.18 Å². The molecule has 1 aromatic heterocycles. The van der Waals surface area contributed by atoms with Crippen LogP contribution in [0.2, 0.25) is 0 Å². The number of anilines is 1. The van der Waals surface area contributed by atoms with E-state index in [1.54, 1.807) is 30.7 Å². The van der Waals surface area contributed by atoms with Crippen molar-refractivity contribution in [2.45, 2.75) is 6.42 Å². The summed E-state index contributed by atoms with van der Waals surface area (Å²) in [5, 5.41) is 3.01. The van der Waals surface area contributed by atoms with E-state index in [0.717, 1.165) is 5.56 Å². The summed E-state index contributed by atoms with van der Waals surface area (Å²) >= 11 is 0. The monoisotopic (exact) mass is 274 g/mol. The maximum atomic E-state index is 12.8. The number of halogens is 1. The van der Waals surface area contributed by atoms with Crippen LogP contribution < -0.4 is 11.1 Å². The van der Waals surface area contributed by atoms with Crippen LogP contribution in [-0.2, 0) is 11.2 Å². The van der Waals surface area contributed by atoms with E-state index >= 15 is 0 Å². The molecular weight excluding hydrogens is 259 g/mol. The molecule has 0 aliphatic carbocycles. The Labute approximate surface area is 116 Å². The number of primary amides is 1. The Morgan fingerprint density at radius 3 is 2.65 bits per heavy atom. The first-order valence-corrected chi connectivity index (χ1v) is 6.19. The summed E-state index contributed by atoms with van der Waals surface area (Å²) in [6.45, 7) is 0.353. The molecule has 0 spiro atoms. The maximum Gasteiger partial charge on any atom is 0.222 e. The van der Waals surface area contributed by atoms with Crippen molar-refractivity contribution in [2.75, 3.05) is 11.9 Å². The Morgan fingerprint density at radius 1 is 1.30 bits per heavy atom. The van der Waals surface area contributed by atoms with E-state index in [9.17, 15) is 9.18 Å². The van der Waals surface area contributed by atoms with Gasteiger partial charge in [-0.1, -0.05) is 12.1 Å². The van der Waals surface area contributed by atoms with Crippen LogP contribution in [0.15, 0.2) is 42.9 Å². The van der Waals surface area contributed by atoms with Crippen LogP contribution in [0.4, 0.5) is 10.2 Å². The molecule has 0 saturated heterocycles. The van der Waals surface area contributed by atoms with Crippen LogP contribution in [0.3, 0.4) is 0 Å². The smallest absolute Gasteiger partial charge is 0.222 e. The molecule has 0 bridgehead atoms. The maximum absolute atomic E-state index is 12.8. The predicted molar refractivity (Wildman–Crippen MR) is 73.3 cm³/mol. The number of hydrogen-bond acceptors (Lipinski definition) is 4. The molecule has 1 amide bonds. The van der Waals surface area contributed by atoms with E-state index in [4.69, 9.17) is 5.73 Å². The lowest BCUT2D eigenvalue weighted by molar-refractivity contribution is -0.121. The van der Waals surface area contributed by atoms with E-state index < -0.39 is 11.8 Å². The summed E-state index contributed by atoms with van der Waals surface area (Å²) in [6.07, 6.45) is 5.13. The van der Waals surface area contributed by atoms with Gasteiger partial charge in [-0.25, -0.2) is 9.37 Å². The average Bonchev–Trinajstić information content (AvgIpc) is 2.46. The van der Waals surface area contributed by atoms with Crippen LogP contribution in [0.5, 0.6) is 0 Å². The second-order valence-corrected chi connectivity index (χ2v) is 4.40. The standard InChI is InChI=1S/C14H15FN4O/c15-12-3-1-10(2-4-12)7-11(14(16)20)8-19-13-9-17-5-6-18-13/h1-6,9,11H,7-8H2,(H2,16,20)(H,18,19). The molecular formula is C14H15FN4O. The fourth-order valence-electron chi connectivity index (χ4n) is 1.80. The van der Waals surface area contributed by atoms with Crippen molar-refractivity contribution in [2.24, 2.45) is 11.7 Å². The van der Waals surface area contributed by atoms with Gasteiger partial charge in [0, 0.05) is 18.9 Å². The lowest BCUT2D eigenvalue weighted by atomic mass is 9.98. The molecule has 5 nitrogen and oxygen atoms in total. The van der Waals surface area contributed by atoms with Gasteiger partial charge in [0.2, 0.25) is 5.91 Å². The van der Waals surface area contributed by atoms with E-state index in [-0.39, 0.29) is 5.82 Å². The Bertz CT molecular complexity index is 559. The Balaban J connectivity index is 1.97. The average molecular weight is 274 g/mol. The number of carbonyl (C=O) groups excluding carboxylic acids is 1. The molecule has 0 aliphatic rings. The summed E-state index contributed by atoms with van der Waals surface area (Å²) in [6, 6.07) is 6.02. The molecule has 104 valence electrons. The molecule has 1 aromatic carbocycles. The van der Waals surface area contributed by atoms with Gasteiger partial charge in [-0.15, -0.1) is 0 Å². The zero-order valence-corrected chi connectivity index (χ0v) is 10.8. The zero-order valence-electron chi connectivity index (χ0n) is 10.8. The van der Waals surface area contributed by atoms with E-state index in [0.29, 0.717) is 18.8 Å². The number of carbonyl (C=O) groups is 1. The van der Waals surface area contributed by atoms with E-state index in [1.165, 1.54) is 12.1 Å². The molecule has 0 radical (unpaired) electrons.